The molecule has 0 fully saturated rings. The molecule has 0 saturated heterocycles. The van der Waals surface area contributed by atoms with Crippen LogP contribution in [0.1, 0.15) is 18.4 Å². The summed E-state index contributed by atoms with van der Waals surface area (Å²) in [5, 5.41) is 16.1. The number of aromatic amines is 1. The molecule has 0 aliphatic rings. The summed E-state index contributed by atoms with van der Waals surface area (Å²) in [6.07, 6.45) is 1.44. The average Bonchev–Trinajstić information content (AvgIpc) is 3.34. The van der Waals surface area contributed by atoms with Crippen molar-refractivity contribution in [3.8, 4) is 22.5 Å². The summed E-state index contributed by atoms with van der Waals surface area (Å²) in [5.74, 6) is -0.676. The molecule has 8 nitrogen and oxygen atoms in total. The number of H-pyrrole nitrogens is 1. The van der Waals surface area contributed by atoms with Gasteiger partial charge in [-0.25, -0.2) is 8.78 Å². The van der Waals surface area contributed by atoms with Crippen molar-refractivity contribution in [2.45, 2.75) is 20.4 Å². The quantitative estimate of drug-likeness (QED) is 0.377. The molecule has 2 aromatic heterocycles. The number of carbonyl (C=O) groups excluding carboxylic acids is 1. The lowest BCUT2D eigenvalue weighted by Crippen LogP contribution is -2.09. The van der Waals surface area contributed by atoms with E-state index in [2.05, 4.69) is 31.0 Å². The maximum Gasteiger partial charge on any atom is 0.223 e. The molecule has 0 saturated carbocycles. The Bertz CT molecular complexity index is 1300. The van der Waals surface area contributed by atoms with Gasteiger partial charge in [0.05, 0.1) is 11.8 Å². The Balaban J connectivity index is 1.63. The van der Waals surface area contributed by atoms with Gasteiger partial charge in [-0.3, -0.25) is 9.89 Å². The Kier molecular flexibility index (Phi) is 5.87. The number of hydrogen-bond acceptors (Lipinski definition) is 6. The zero-order chi connectivity index (χ0) is 22.8. The molecule has 4 rings (SSSR count). The molecule has 32 heavy (non-hydrogen) atoms. The third-order valence-corrected chi connectivity index (χ3v) is 4.79. The molecule has 0 radical (unpaired) electrons. The molecule has 0 aliphatic carbocycles. The van der Waals surface area contributed by atoms with E-state index in [1.165, 1.54) is 25.3 Å². The van der Waals surface area contributed by atoms with Crippen molar-refractivity contribution in [2.24, 2.45) is 0 Å². The van der Waals surface area contributed by atoms with Gasteiger partial charge in [-0.1, -0.05) is 28.9 Å². The summed E-state index contributed by atoms with van der Waals surface area (Å²) in [7, 11) is 0. The lowest BCUT2D eigenvalue weighted by atomic mass is 9.97. The van der Waals surface area contributed by atoms with Crippen LogP contribution < -0.4 is 10.6 Å². The maximum absolute atomic E-state index is 14.9. The van der Waals surface area contributed by atoms with Crippen molar-refractivity contribution in [1.82, 2.24) is 20.3 Å². The molecule has 2 heterocycles. The second-order valence-electron chi connectivity index (χ2n) is 6.95. The Hall–Kier alpha value is -3.79. The molecule has 1 amide bonds. The van der Waals surface area contributed by atoms with Gasteiger partial charge in [0.2, 0.25) is 17.6 Å². The number of rotatable bonds is 6. The van der Waals surface area contributed by atoms with E-state index in [4.69, 9.17) is 16.1 Å². The van der Waals surface area contributed by atoms with Crippen LogP contribution in [-0.2, 0) is 11.3 Å². The number of aryl methyl sites for hydroxylation is 1. The molecule has 3 N–H and O–H groups in total. The predicted octanol–water partition coefficient (Wildman–Crippen LogP) is 4.94. The zero-order valence-electron chi connectivity index (χ0n) is 17.0. The fourth-order valence-electron chi connectivity index (χ4n) is 3.18. The Morgan fingerprint density at radius 2 is 2.03 bits per heavy atom. The fraction of sp³-hybridized carbons (Fsp3) is 0.143. The van der Waals surface area contributed by atoms with E-state index in [0.717, 1.165) is 6.07 Å². The monoisotopic (exact) mass is 458 g/mol. The third-order valence-electron chi connectivity index (χ3n) is 4.58. The number of aromatic nitrogens is 4. The van der Waals surface area contributed by atoms with Crippen molar-refractivity contribution in [1.29, 1.82) is 0 Å². The highest BCUT2D eigenvalue weighted by molar-refractivity contribution is 6.31. The Labute approximate surface area is 186 Å². The van der Waals surface area contributed by atoms with E-state index in [-0.39, 0.29) is 34.8 Å². The number of nitrogens with one attached hydrogen (secondary N) is 3. The number of amides is 1. The lowest BCUT2D eigenvalue weighted by molar-refractivity contribution is -0.114. The number of benzene rings is 2. The number of hydrogen-bond donors (Lipinski definition) is 3. The molecule has 2 aromatic carbocycles. The van der Waals surface area contributed by atoms with Crippen LogP contribution in [0, 0.1) is 18.6 Å². The summed E-state index contributed by atoms with van der Waals surface area (Å²) in [6, 6.07) is 7.14. The minimum Gasteiger partial charge on any atom is -0.365 e. The van der Waals surface area contributed by atoms with Gasteiger partial charge in [-0.15, -0.1) is 0 Å². The highest BCUT2D eigenvalue weighted by atomic mass is 35.5. The first-order valence-electron chi connectivity index (χ1n) is 9.45. The average molecular weight is 459 g/mol. The molecule has 0 aliphatic heterocycles. The summed E-state index contributed by atoms with van der Waals surface area (Å²) in [5.41, 5.74) is 1.58. The minimum atomic E-state index is -0.649. The van der Waals surface area contributed by atoms with Gasteiger partial charge in [-0.05, 0) is 29.3 Å². The van der Waals surface area contributed by atoms with Crippen LogP contribution in [0.3, 0.4) is 0 Å². The van der Waals surface area contributed by atoms with Gasteiger partial charge < -0.3 is 15.2 Å². The number of anilines is 2. The normalized spacial score (nSPS) is 10.9. The summed E-state index contributed by atoms with van der Waals surface area (Å²) >= 11 is 6.05. The van der Waals surface area contributed by atoms with Crippen LogP contribution in [0.5, 0.6) is 0 Å². The standard InChI is InChI=1S/C21H17ClF2N6O2/c1-10(31)27-18-9-26-29-20(18)25-8-13-4-3-12(5-16(13)23)15-6-14(22)7-17(24)19(15)21-28-11(2)32-30-21/h3-7,9H,8H2,1-2H3,(H,27,31)(H2,25,26,29). The Morgan fingerprint density at radius 3 is 2.72 bits per heavy atom. The molecule has 11 heteroatoms. The largest absolute Gasteiger partial charge is 0.365 e. The van der Waals surface area contributed by atoms with Crippen molar-refractivity contribution in [3.63, 3.8) is 0 Å². The van der Waals surface area contributed by atoms with E-state index < -0.39 is 11.6 Å². The van der Waals surface area contributed by atoms with Gasteiger partial charge in [0, 0.05) is 31.0 Å². The van der Waals surface area contributed by atoms with Gasteiger partial charge in [-0.2, -0.15) is 10.1 Å². The topological polar surface area (TPSA) is 109 Å². The van der Waals surface area contributed by atoms with E-state index >= 15 is 0 Å². The van der Waals surface area contributed by atoms with E-state index in [1.54, 1.807) is 19.1 Å². The van der Waals surface area contributed by atoms with Crippen molar-refractivity contribution in [2.75, 3.05) is 10.6 Å². The molecule has 0 spiro atoms. The Morgan fingerprint density at radius 1 is 1.22 bits per heavy atom. The van der Waals surface area contributed by atoms with Gasteiger partial charge in [0.15, 0.2) is 0 Å². The second kappa shape index (κ2) is 8.75. The molecule has 0 atom stereocenters. The van der Waals surface area contributed by atoms with E-state index in [1.807, 2.05) is 0 Å². The number of carbonyl (C=O) groups is 1. The maximum atomic E-state index is 14.9. The number of halogens is 3. The summed E-state index contributed by atoms with van der Waals surface area (Å²) < 4.78 is 34.6. The third kappa shape index (κ3) is 4.45. The van der Waals surface area contributed by atoms with Crippen LogP contribution in [-0.4, -0.2) is 26.2 Å². The summed E-state index contributed by atoms with van der Waals surface area (Å²) in [4.78, 5) is 15.3. The fourth-order valence-corrected chi connectivity index (χ4v) is 3.38. The van der Waals surface area contributed by atoms with E-state index in [0.29, 0.717) is 28.2 Å². The summed E-state index contributed by atoms with van der Waals surface area (Å²) in [6.45, 7) is 3.07. The van der Waals surface area contributed by atoms with Crippen LogP contribution in [0.15, 0.2) is 41.1 Å². The van der Waals surface area contributed by atoms with Gasteiger partial charge in [0.25, 0.3) is 0 Å². The molecule has 4 aromatic rings. The molecule has 0 bridgehead atoms. The first-order chi connectivity index (χ1) is 15.3. The SMILES string of the molecule is CC(=O)Nc1cn[nH]c1NCc1ccc(-c2cc(Cl)cc(F)c2-c2noc(C)n2)cc1F. The molecule has 0 unspecified atom stereocenters. The van der Waals surface area contributed by atoms with Gasteiger partial charge >= 0.3 is 0 Å². The van der Waals surface area contributed by atoms with Crippen molar-refractivity contribution in [3.05, 3.63) is 64.6 Å². The van der Waals surface area contributed by atoms with Crippen LogP contribution >= 0.6 is 11.6 Å². The predicted molar refractivity (Wildman–Crippen MR) is 115 cm³/mol. The smallest absolute Gasteiger partial charge is 0.223 e. The second-order valence-corrected chi connectivity index (χ2v) is 7.38. The van der Waals surface area contributed by atoms with E-state index in [9.17, 15) is 13.6 Å². The highest BCUT2D eigenvalue weighted by Gasteiger charge is 2.20. The molecule has 164 valence electrons. The van der Waals surface area contributed by atoms with Crippen molar-refractivity contribution >= 4 is 29.0 Å². The molecular weight excluding hydrogens is 442 g/mol. The van der Waals surface area contributed by atoms with Crippen LogP contribution in [0.25, 0.3) is 22.5 Å². The minimum absolute atomic E-state index is 0.0440. The van der Waals surface area contributed by atoms with Crippen LogP contribution in [0.2, 0.25) is 5.02 Å². The first kappa shape index (κ1) is 21.4. The number of nitrogens with zero attached hydrogens (tertiary/aromatic N) is 3. The highest BCUT2D eigenvalue weighted by Crippen LogP contribution is 2.36. The van der Waals surface area contributed by atoms with Gasteiger partial charge in [0.1, 0.15) is 23.1 Å². The van der Waals surface area contributed by atoms with Crippen LogP contribution in [0.4, 0.5) is 20.3 Å². The van der Waals surface area contributed by atoms with Crippen molar-refractivity contribution < 1.29 is 18.1 Å². The first-order valence-corrected chi connectivity index (χ1v) is 9.83. The zero-order valence-corrected chi connectivity index (χ0v) is 17.7. The lowest BCUT2D eigenvalue weighted by Gasteiger charge is -2.12. The molecular formula is C21H17ClF2N6O2.